The molecule has 3 aromatic rings. The van der Waals surface area contributed by atoms with Crippen LogP contribution in [-0.2, 0) is 37.2 Å². The minimum Gasteiger partial charge on any atom is -0.550 e. The molecule has 1 radical (unpaired) electrons. The molecule has 0 saturated carbocycles. The number of aliphatic carboxylic acids is 2. The molecule has 0 spiro atoms. The first-order valence-electron chi connectivity index (χ1n) is 16.4. The molecule has 0 aromatic heterocycles. The van der Waals surface area contributed by atoms with E-state index in [1.165, 1.54) is 11.1 Å². The van der Waals surface area contributed by atoms with Crippen LogP contribution in [0.25, 0.3) is 0 Å². The fourth-order valence-corrected chi connectivity index (χ4v) is 4.65. The summed E-state index contributed by atoms with van der Waals surface area (Å²) < 4.78 is 0. The van der Waals surface area contributed by atoms with E-state index in [2.05, 4.69) is 91.4 Å². The predicted molar refractivity (Wildman–Crippen MR) is 193 cm³/mol. The SMILES string of the molecule is CC(=O)[O-].CC(=O)[O-].CCC(C)c1cc(C=Nc2ccc(N=Cc3cc(C(C)CC)cc(C(C)(C)C)c3O)cc2)c(O)c(C(C)(C)C)c1.[Co+2]. The van der Waals surface area contributed by atoms with Crippen molar-refractivity contribution in [1.82, 2.24) is 0 Å². The number of phenols is 2. The van der Waals surface area contributed by atoms with E-state index in [0.29, 0.717) is 23.3 Å². The van der Waals surface area contributed by atoms with E-state index in [9.17, 15) is 10.2 Å². The Labute approximate surface area is 303 Å². The Morgan fingerprint density at radius 3 is 1.16 bits per heavy atom. The molecule has 0 bridgehead atoms. The average Bonchev–Trinajstić information content (AvgIpc) is 2.98. The van der Waals surface area contributed by atoms with Crippen molar-refractivity contribution in [2.24, 2.45) is 9.98 Å². The molecule has 9 heteroatoms. The number of aliphatic imine (C=N–C) groups is 2. The Balaban J connectivity index is 0.00000230. The van der Waals surface area contributed by atoms with Gasteiger partial charge in [-0.05, 0) is 96.9 Å². The number of benzene rings is 3. The van der Waals surface area contributed by atoms with Crippen molar-refractivity contribution < 1.29 is 46.8 Å². The molecular formula is C40H54CoN2O6. The Morgan fingerprint density at radius 1 is 0.673 bits per heavy atom. The fraction of sp³-hybridized carbons (Fsp3) is 0.450. The molecule has 49 heavy (non-hydrogen) atoms. The van der Waals surface area contributed by atoms with E-state index in [4.69, 9.17) is 19.8 Å². The van der Waals surface area contributed by atoms with Crippen LogP contribution in [-0.4, -0.2) is 34.6 Å². The van der Waals surface area contributed by atoms with Crippen LogP contribution >= 0.6 is 0 Å². The fourth-order valence-electron chi connectivity index (χ4n) is 4.65. The monoisotopic (exact) mass is 717 g/mol. The number of rotatable bonds is 8. The number of aromatic hydroxyl groups is 2. The van der Waals surface area contributed by atoms with Crippen LogP contribution in [0.4, 0.5) is 11.4 Å². The van der Waals surface area contributed by atoms with Crippen LogP contribution < -0.4 is 10.2 Å². The van der Waals surface area contributed by atoms with Crippen molar-refractivity contribution in [2.45, 2.75) is 119 Å². The number of carbonyl (C=O) groups excluding carboxylic acids is 2. The van der Waals surface area contributed by atoms with E-state index in [1.807, 2.05) is 36.4 Å². The van der Waals surface area contributed by atoms with Gasteiger partial charge in [-0.1, -0.05) is 81.4 Å². The summed E-state index contributed by atoms with van der Waals surface area (Å²) in [6.45, 7) is 23.4. The van der Waals surface area contributed by atoms with Crippen LogP contribution in [0.15, 0.2) is 58.5 Å². The van der Waals surface area contributed by atoms with Crippen molar-refractivity contribution in [2.75, 3.05) is 0 Å². The number of carboxylic acid groups (broad SMARTS) is 2. The second-order valence-corrected chi connectivity index (χ2v) is 14.1. The number of carboxylic acids is 2. The van der Waals surface area contributed by atoms with Gasteiger partial charge in [-0.3, -0.25) is 9.98 Å². The summed E-state index contributed by atoms with van der Waals surface area (Å²) >= 11 is 0. The molecule has 2 atom stereocenters. The van der Waals surface area contributed by atoms with Crippen molar-refractivity contribution >= 4 is 35.7 Å². The van der Waals surface area contributed by atoms with E-state index in [-0.39, 0.29) is 27.6 Å². The van der Waals surface area contributed by atoms with Crippen LogP contribution in [0.3, 0.4) is 0 Å². The first-order valence-corrected chi connectivity index (χ1v) is 16.4. The van der Waals surface area contributed by atoms with Crippen LogP contribution in [0, 0.1) is 0 Å². The normalized spacial score (nSPS) is 12.7. The zero-order valence-electron chi connectivity index (χ0n) is 31.1. The molecule has 0 heterocycles. The summed E-state index contributed by atoms with van der Waals surface area (Å²) in [7, 11) is 0. The Kier molecular flexibility index (Phi) is 18.3. The van der Waals surface area contributed by atoms with Gasteiger partial charge in [0, 0.05) is 46.6 Å². The maximum absolute atomic E-state index is 11.0. The number of carbonyl (C=O) groups is 2. The van der Waals surface area contributed by atoms with Gasteiger partial charge in [-0.2, -0.15) is 0 Å². The topological polar surface area (TPSA) is 145 Å². The predicted octanol–water partition coefficient (Wildman–Crippen LogP) is 7.73. The molecule has 2 N–H and O–H groups in total. The Bertz CT molecular complexity index is 1460. The number of phenolic OH excluding ortho intramolecular Hbond substituents is 2. The summed E-state index contributed by atoms with van der Waals surface area (Å²) in [4.78, 5) is 27.1. The molecule has 3 rings (SSSR count). The Morgan fingerprint density at radius 2 is 0.939 bits per heavy atom. The molecule has 0 aliphatic heterocycles. The molecule has 0 amide bonds. The third-order valence-electron chi connectivity index (χ3n) is 7.86. The van der Waals surface area contributed by atoms with Gasteiger partial charge in [0.05, 0.1) is 11.4 Å². The third-order valence-corrected chi connectivity index (χ3v) is 7.86. The number of hydrogen-bond donors (Lipinski definition) is 2. The minimum atomic E-state index is -1.08. The van der Waals surface area contributed by atoms with Crippen molar-refractivity contribution in [3.8, 4) is 11.5 Å². The largest absolute Gasteiger partial charge is 2.00 e. The zero-order chi connectivity index (χ0) is 37.0. The van der Waals surface area contributed by atoms with E-state index >= 15 is 0 Å². The third kappa shape index (κ3) is 15.0. The molecule has 0 saturated heterocycles. The van der Waals surface area contributed by atoms with Gasteiger partial charge >= 0.3 is 16.8 Å². The first kappa shape index (κ1) is 45.0. The van der Waals surface area contributed by atoms with Gasteiger partial charge in [0.1, 0.15) is 11.5 Å². The van der Waals surface area contributed by atoms with Gasteiger partial charge in [-0.25, -0.2) is 0 Å². The van der Waals surface area contributed by atoms with Crippen molar-refractivity contribution in [3.63, 3.8) is 0 Å². The van der Waals surface area contributed by atoms with Gasteiger partial charge in [-0.15, -0.1) is 0 Å². The van der Waals surface area contributed by atoms with Crippen LogP contribution in [0.2, 0.25) is 0 Å². The number of nitrogens with zero attached hydrogens (tertiary/aromatic N) is 2. The maximum atomic E-state index is 11.0. The van der Waals surface area contributed by atoms with Gasteiger partial charge < -0.3 is 30.0 Å². The summed E-state index contributed by atoms with van der Waals surface area (Å²) in [5.74, 6) is -0.788. The second kappa shape index (κ2) is 19.9. The molecule has 269 valence electrons. The van der Waals surface area contributed by atoms with Gasteiger partial charge in [0.2, 0.25) is 0 Å². The van der Waals surface area contributed by atoms with E-state index in [0.717, 1.165) is 60.3 Å². The number of hydrogen-bond acceptors (Lipinski definition) is 8. The van der Waals surface area contributed by atoms with Gasteiger partial charge in [0.25, 0.3) is 0 Å². The smallest absolute Gasteiger partial charge is 0.550 e. The maximum Gasteiger partial charge on any atom is 2.00 e. The summed E-state index contributed by atoms with van der Waals surface area (Å²) in [5.41, 5.74) is 6.98. The van der Waals surface area contributed by atoms with Crippen molar-refractivity contribution in [3.05, 3.63) is 81.9 Å². The van der Waals surface area contributed by atoms with Crippen LogP contribution in [0.5, 0.6) is 11.5 Å². The molecular weight excluding hydrogens is 663 g/mol. The minimum absolute atomic E-state index is 0. The van der Waals surface area contributed by atoms with E-state index in [1.54, 1.807) is 12.4 Å². The molecule has 0 fully saturated rings. The van der Waals surface area contributed by atoms with E-state index < -0.39 is 11.9 Å². The first-order chi connectivity index (χ1) is 22.1. The molecule has 2 unspecified atom stereocenters. The van der Waals surface area contributed by atoms with Crippen LogP contribution in [0.1, 0.15) is 141 Å². The summed E-state index contributed by atoms with van der Waals surface area (Å²) in [6, 6.07) is 16.0. The quantitative estimate of drug-likeness (QED) is 0.228. The zero-order valence-corrected chi connectivity index (χ0v) is 32.1. The standard InChI is InChI=1S/C36H48N2O2.2C2H4O2.Co/c1-11-23(3)25-17-27(33(39)31(19-25)35(5,6)7)21-37-29-13-15-30(16-14-29)38-22-28-18-26(24(4)12-2)20-32(34(28)40)36(8,9)10;2*1-2(3)4;/h13-24,39-40H,11-12H2,1-10H3;2*1H3,(H,3,4);/q;;;+2/p-2. The Hall–Kier alpha value is -3.95. The second-order valence-electron chi connectivity index (χ2n) is 14.1. The molecule has 8 nitrogen and oxygen atoms in total. The molecule has 0 aliphatic carbocycles. The molecule has 0 aliphatic rings. The summed E-state index contributed by atoms with van der Waals surface area (Å²) in [5, 5.41) is 39.8. The molecule has 3 aromatic carbocycles. The summed E-state index contributed by atoms with van der Waals surface area (Å²) in [6.07, 6.45) is 5.57. The average molecular weight is 718 g/mol. The van der Waals surface area contributed by atoms with Crippen molar-refractivity contribution in [1.29, 1.82) is 0 Å². The van der Waals surface area contributed by atoms with Gasteiger partial charge in [0.15, 0.2) is 0 Å².